The van der Waals surface area contributed by atoms with Crippen LogP contribution in [0, 0.1) is 5.82 Å². The van der Waals surface area contributed by atoms with Crippen molar-refractivity contribution in [2.24, 2.45) is 0 Å². The van der Waals surface area contributed by atoms with Crippen molar-refractivity contribution in [1.29, 1.82) is 0 Å². The molecule has 0 atom stereocenters. The predicted octanol–water partition coefficient (Wildman–Crippen LogP) is 3.91. The molecule has 32 heavy (non-hydrogen) atoms. The number of fused-ring (bicyclic) bond motifs is 1. The summed E-state index contributed by atoms with van der Waals surface area (Å²) >= 11 is 0. The number of halogens is 1. The van der Waals surface area contributed by atoms with E-state index in [1.165, 1.54) is 11.1 Å². The molecule has 7 heteroatoms. The van der Waals surface area contributed by atoms with Gasteiger partial charge in [-0.2, -0.15) is 0 Å². The first kappa shape index (κ1) is 21.5. The number of hydrogen-bond donors (Lipinski definition) is 1. The number of hydrogen-bond acceptors (Lipinski definition) is 5. The highest BCUT2D eigenvalue weighted by atomic mass is 32.2. The average molecular weight is 456 g/mol. The lowest BCUT2D eigenvalue weighted by atomic mass is 9.95. The molecule has 5 rings (SSSR count). The molecule has 3 aliphatic rings. The Balaban J connectivity index is 1.29. The molecule has 0 aromatic heterocycles. The average Bonchev–Trinajstić information content (AvgIpc) is 3.64. The van der Waals surface area contributed by atoms with Gasteiger partial charge in [-0.05, 0) is 72.2 Å². The van der Waals surface area contributed by atoms with Gasteiger partial charge < -0.3 is 9.80 Å². The molecule has 2 aliphatic heterocycles. The predicted molar refractivity (Wildman–Crippen MR) is 128 cm³/mol. The SMILES string of the molecule is CN(c1cc(-c2ccc3c(c2)C=CN(C2CCN(C[SH](=O)=O)CC2)C3)ccc1F)C1CC1. The summed E-state index contributed by atoms with van der Waals surface area (Å²) in [5.41, 5.74) is 5.32. The largest absolute Gasteiger partial charge is 0.370 e. The highest BCUT2D eigenvalue weighted by Gasteiger charge is 2.28. The van der Waals surface area contributed by atoms with E-state index in [-0.39, 0.29) is 11.7 Å². The van der Waals surface area contributed by atoms with Crippen LogP contribution in [0.25, 0.3) is 17.2 Å². The first-order valence-corrected chi connectivity index (χ1v) is 12.8. The third-order valence-electron chi connectivity index (χ3n) is 7.04. The van der Waals surface area contributed by atoms with Crippen LogP contribution in [0.4, 0.5) is 10.1 Å². The van der Waals surface area contributed by atoms with E-state index in [0.29, 0.717) is 17.8 Å². The van der Waals surface area contributed by atoms with Gasteiger partial charge in [-0.15, -0.1) is 0 Å². The number of anilines is 1. The van der Waals surface area contributed by atoms with Crippen LogP contribution in [0.1, 0.15) is 36.8 Å². The van der Waals surface area contributed by atoms with Gasteiger partial charge in [-0.3, -0.25) is 4.90 Å². The topological polar surface area (TPSA) is 43.9 Å². The maximum atomic E-state index is 14.4. The molecule has 2 aromatic carbocycles. The first-order chi connectivity index (χ1) is 15.5. The second kappa shape index (κ2) is 8.87. The van der Waals surface area contributed by atoms with Crippen LogP contribution in [-0.4, -0.2) is 56.3 Å². The molecule has 2 fully saturated rings. The Morgan fingerprint density at radius 3 is 2.47 bits per heavy atom. The van der Waals surface area contributed by atoms with Crippen molar-refractivity contribution in [3.8, 4) is 11.1 Å². The van der Waals surface area contributed by atoms with Gasteiger partial charge in [0.15, 0.2) is 10.7 Å². The van der Waals surface area contributed by atoms with Crippen LogP contribution < -0.4 is 4.90 Å². The highest BCUT2D eigenvalue weighted by molar-refractivity contribution is 7.72. The maximum Gasteiger partial charge on any atom is 0.153 e. The molecule has 0 amide bonds. The van der Waals surface area contributed by atoms with Crippen LogP contribution >= 0.6 is 0 Å². The Morgan fingerprint density at radius 2 is 1.75 bits per heavy atom. The minimum Gasteiger partial charge on any atom is -0.370 e. The zero-order chi connectivity index (χ0) is 22.2. The minimum atomic E-state index is -2.34. The van der Waals surface area contributed by atoms with E-state index in [1.54, 1.807) is 6.07 Å². The number of piperidine rings is 1. The molecule has 1 saturated carbocycles. The number of likely N-dealkylation sites (tertiary alicyclic amines) is 1. The van der Waals surface area contributed by atoms with E-state index < -0.39 is 10.7 Å². The van der Waals surface area contributed by atoms with Gasteiger partial charge in [0.1, 0.15) is 5.82 Å². The molecular weight excluding hydrogens is 425 g/mol. The molecule has 0 spiro atoms. The van der Waals surface area contributed by atoms with Crippen LogP contribution in [-0.2, 0) is 17.2 Å². The third-order valence-corrected chi connectivity index (χ3v) is 7.67. The van der Waals surface area contributed by atoms with E-state index in [2.05, 4.69) is 40.3 Å². The van der Waals surface area contributed by atoms with Gasteiger partial charge in [-0.1, -0.05) is 18.2 Å². The first-order valence-electron chi connectivity index (χ1n) is 11.4. The summed E-state index contributed by atoms with van der Waals surface area (Å²) in [6.45, 7) is 2.52. The fourth-order valence-corrected chi connectivity index (χ4v) is 5.54. The summed E-state index contributed by atoms with van der Waals surface area (Å²) in [5.74, 6) is 0.00947. The standard InChI is InChI=1S/C25H30FN3O2S/c1-27(22-5-6-22)25-15-19(4-7-24(25)26)18-2-3-21-16-29(13-8-20(21)14-18)23-9-11-28(12-10-23)17-32(30)31/h2-4,7-8,13-15,22-23,32H,5-6,9-12,16-17H2,1H3. The summed E-state index contributed by atoms with van der Waals surface area (Å²) in [5, 5.41) is 0. The van der Waals surface area contributed by atoms with Crippen LogP contribution in [0.5, 0.6) is 0 Å². The van der Waals surface area contributed by atoms with Crippen LogP contribution in [0.3, 0.4) is 0 Å². The molecule has 0 unspecified atom stereocenters. The van der Waals surface area contributed by atoms with Gasteiger partial charge in [0.05, 0.1) is 11.6 Å². The molecule has 0 bridgehead atoms. The van der Waals surface area contributed by atoms with Crippen molar-refractivity contribution >= 4 is 22.5 Å². The van der Waals surface area contributed by atoms with Gasteiger partial charge in [-0.25, -0.2) is 12.8 Å². The van der Waals surface area contributed by atoms with E-state index >= 15 is 0 Å². The minimum absolute atomic E-state index is 0.162. The van der Waals surface area contributed by atoms with E-state index in [1.807, 2.05) is 24.1 Å². The lowest BCUT2D eigenvalue weighted by Crippen LogP contribution is -2.43. The third kappa shape index (κ3) is 4.55. The van der Waals surface area contributed by atoms with Crippen molar-refractivity contribution in [3.05, 3.63) is 59.5 Å². The van der Waals surface area contributed by atoms with Crippen molar-refractivity contribution in [3.63, 3.8) is 0 Å². The summed E-state index contributed by atoms with van der Waals surface area (Å²) in [6, 6.07) is 12.8. The van der Waals surface area contributed by atoms with Gasteiger partial charge >= 0.3 is 0 Å². The van der Waals surface area contributed by atoms with E-state index in [0.717, 1.165) is 56.4 Å². The molecule has 5 nitrogen and oxygen atoms in total. The van der Waals surface area contributed by atoms with Crippen molar-refractivity contribution < 1.29 is 12.8 Å². The molecule has 0 N–H and O–H groups in total. The van der Waals surface area contributed by atoms with Crippen molar-refractivity contribution in [2.75, 3.05) is 30.9 Å². The Morgan fingerprint density at radius 1 is 1.03 bits per heavy atom. The molecule has 2 aromatic rings. The summed E-state index contributed by atoms with van der Waals surface area (Å²) in [7, 11) is -0.361. The number of benzene rings is 2. The highest BCUT2D eigenvalue weighted by Crippen LogP contribution is 2.35. The van der Waals surface area contributed by atoms with Crippen molar-refractivity contribution in [1.82, 2.24) is 9.80 Å². The zero-order valence-electron chi connectivity index (χ0n) is 18.4. The smallest absolute Gasteiger partial charge is 0.153 e. The van der Waals surface area contributed by atoms with Crippen molar-refractivity contribution in [2.45, 2.75) is 44.3 Å². The zero-order valence-corrected chi connectivity index (χ0v) is 19.3. The van der Waals surface area contributed by atoms with Crippen LogP contribution in [0.15, 0.2) is 42.6 Å². The quantitative estimate of drug-likeness (QED) is 0.669. The Kier molecular flexibility index (Phi) is 5.95. The molecular formula is C25H30FN3O2S. The summed E-state index contributed by atoms with van der Waals surface area (Å²) in [4.78, 5) is 6.47. The number of nitrogens with zero attached hydrogens (tertiary/aromatic N) is 3. The Hall–Kier alpha value is -2.38. The van der Waals surface area contributed by atoms with Gasteiger partial charge in [0.2, 0.25) is 0 Å². The fourth-order valence-electron chi connectivity index (χ4n) is 4.93. The van der Waals surface area contributed by atoms with E-state index in [4.69, 9.17) is 0 Å². The molecule has 0 radical (unpaired) electrons. The molecule has 1 saturated heterocycles. The molecule has 2 heterocycles. The molecule has 170 valence electrons. The number of rotatable bonds is 6. The second-order valence-corrected chi connectivity index (χ2v) is 10.2. The normalized spacial score (nSPS) is 19.4. The Labute approximate surface area is 191 Å². The maximum absolute atomic E-state index is 14.4. The monoisotopic (exact) mass is 455 g/mol. The summed E-state index contributed by atoms with van der Waals surface area (Å²) in [6.07, 6.45) is 8.58. The molecule has 1 aliphatic carbocycles. The van der Waals surface area contributed by atoms with Crippen LogP contribution in [0.2, 0.25) is 0 Å². The summed E-state index contributed by atoms with van der Waals surface area (Å²) < 4.78 is 36.4. The van der Waals surface area contributed by atoms with Gasteiger partial charge in [0, 0.05) is 45.0 Å². The second-order valence-electron chi connectivity index (χ2n) is 9.23. The fraction of sp³-hybridized carbons (Fsp3) is 0.440. The lowest BCUT2D eigenvalue weighted by Gasteiger charge is -2.39. The lowest BCUT2D eigenvalue weighted by molar-refractivity contribution is 0.150. The Bertz CT molecular complexity index is 1100. The van der Waals surface area contributed by atoms with Gasteiger partial charge in [0.25, 0.3) is 0 Å². The van der Waals surface area contributed by atoms with E-state index in [9.17, 15) is 12.8 Å². The number of thiol groups is 1.